The lowest BCUT2D eigenvalue weighted by Crippen LogP contribution is -2.39. The SMILES string of the molecule is CC(=O)O.Cc1ccccc1SC1CCN(C(=O)c2cccc(OCCN)c2)CC1. The Kier molecular flexibility index (Phi) is 9.70. The summed E-state index contributed by atoms with van der Waals surface area (Å²) in [6.07, 6.45) is 2.04. The zero-order valence-corrected chi connectivity index (χ0v) is 18.4. The third-order valence-electron chi connectivity index (χ3n) is 4.58. The van der Waals surface area contributed by atoms with Crippen molar-refractivity contribution in [2.24, 2.45) is 5.73 Å². The number of aryl methyl sites for hydroxylation is 1. The molecule has 1 aliphatic rings. The van der Waals surface area contributed by atoms with E-state index in [1.165, 1.54) is 10.5 Å². The lowest BCUT2D eigenvalue weighted by molar-refractivity contribution is -0.134. The molecule has 1 fully saturated rings. The Morgan fingerprint density at radius 2 is 1.83 bits per heavy atom. The van der Waals surface area contributed by atoms with Gasteiger partial charge in [0, 0.05) is 42.3 Å². The van der Waals surface area contributed by atoms with Gasteiger partial charge >= 0.3 is 0 Å². The van der Waals surface area contributed by atoms with E-state index in [0.717, 1.165) is 32.9 Å². The van der Waals surface area contributed by atoms with Crippen molar-refractivity contribution >= 4 is 23.6 Å². The van der Waals surface area contributed by atoms with Crippen LogP contribution in [0.5, 0.6) is 5.75 Å². The number of benzene rings is 2. The van der Waals surface area contributed by atoms with E-state index >= 15 is 0 Å². The number of carbonyl (C=O) groups excluding carboxylic acids is 1. The van der Waals surface area contributed by atoms with Crippen LogP contribution in [0.1, 0.15) is 35.7 Å². The maximum absolute atomic E-state index is 12.8. The first-order chi connectivity index (χ1) is 14.4. The molecule has 2 aromatic rings. The van der Waals surface area contributed by atoms with Crippen molar-refractivity contribution < 1.29 is 19.4 Å². The van der Waals surface area contributed by atoms with E-state index in [1.807, 2.05) is 40.9 Å². The minimum absolute atomic E-state index is 0.0857. The molecular weight excluding hydrogens is 400 g/mol. The number of carboxylic acids is 1. The van der Waals surface area contributed by atoms with Crippen LogP contribution in [0.2, 0.25) is 0 Å². The Morgan fingerprint density at radius 1 is 1.17 bits per heavy atom. The number of hydrogen-bond donors (Lipinski definition) is 2. The zero-order valence-electron chi connectivity index (χ0n) is 17.5. The number of thioether (sulfide) groups is 1. The highest BCUT2D eigenvalue weighted by Gasteiger charge is 2.24. The van der Waals surface area contributed by atoms with E-state index in [9.17, 15) is 4.79 Å². The minimum Gasteiger partial charge on any atom is -0.492 e. The van der Waals surface area contributed by atoms with Crippen LogP contribution in [0.25, 0.3) is 0 Å². The Balaban J connectivity index is 0.000000735. The molecule has 0 aliphatic carbocycles. The Bertz CT molecular complexity index is 831. The highest BCUT2D eigenvalue weighted by molar-refractivity contribution is 8.00. The average Bonchev–Trinajstić information content (AvgIpc) is 2.74. The number of carboxylic acid groups (broad SMARTS) is 1. The van der Waals surface area contributed by atoms with Crippen molar-refractivity contribution in [3.05, 3.63) is 59.7 Å². The van der Waals surface area contributed by atoms with Gasteiger partial charge < -0.3 is 20.5 Å². The summed E-state index contributed by atoms with van der Waals surface area (Å²) in [6.45, 7) is 5.76. The molecule has 0 bridgehead atoms. The van der Waals surface area contributed by atoms with Crippen LogP contribution in [0.3, 0.4) is 0 Å². The van der Waals surface area contributed by atoms with Crippen LogP contribution in [-0.2, 0) is 4.79 Å². The van der Waals surface area contributed by atoms with Gasteiger partial charge in [0.15, 0.2) is 0 Å². The summed E-state index contributed by atoms with van der Waals surface area (Å²) in [4.78, 5) is 25.1. The van der Waals surface area contributed by atoms with Crippen molar-refractivity contribution in [2.75, 3.05) is 26.2 Å². The van der Waals surface area contributed by atoms with Gasteiger partial charge in [-0.3, -0.25) is 9.59 Å². The van der Waals surface area contributed by atoms with Gasteiger partial charge in [0.2, 0.25) is 0 Å². The fourth-order valence-corrected chi connectivity index (χ4v) is 4.34. The molecule has 0 saturated carbocycles. The first kappa shape index (κ1) is 23.8. The van der Waals surface area contributed by atoms with E-state index in [0.29, 0.717) is 29.7 Å². The maximum atomic E-state index is 12.8. The molecule has 0 radical (unpaired) electrons. The quantitative estimate of drug-likeness (QED) is 0.724. The van der Waals surface area contributed by atoms with Gasteiger partial charge in [-0.25, -0.2) is 0 Å². The molecule has 1 saturated heterocycles. The largest absolute Gasteiger partial charge is 0.492 e. The lowest BCUT2D eigenvalue weighted by Gasteiger charge is -2.32. The predicted molar refractivity (Wildman–Crippen MR) is 120 cm³/mol. The van der Waals surface area contributed by atoms with Crippen LogP contribution in [0, 0.1) is 6.92 Å². The Labute approximate surface area is 182 Å². The molecule has 2 aromatic carbocycles. The molecule has 1 aliphatic heterocycles. The van der Waals surface area contributed by atoms with Crippen LogP contribution in [0.4, 0.5) is 0 Å². The topological polar surface area (TPSA) is 92.9 Å². The number of rotatable bonds is 6. The number of hydrogen-bond acceptors (Lipinski definition) is 5. The summed E-state index contributed by atoms with van der Waals surface area (Å²) < 4.78 is 5.53. The van der Waals surface area contributed by atoms with Gasteiger partial charge in [0.25, 0.3) is 11.9 Å². The van der Waals surface area contributed by atoms with E-state index < -0.39 is 5.97 Å². The molecule has 0 unspecified atom stereocenters. The highest BCUT2D eigenvalue weighted by Crippen LogP contribution is 2.32. The standard InChI is InChI=1S/C21H26N2O2S.C2H4O2/c1-16-5-2-3-8-20(16)26-19-9-12-23(13-10-19)21(24)17-6-4-7-18(15-17)25-14-11-22;1-2(3)4/h2-8,15,19H,9-14,22H2,1H3;1H3,(H,3,4). The van der Waals surface area contributed by atoms with Crippen LogP contribution >= 0.6 is 11.8 Å². The van der Waals surface area contributed by atoms with Crippen LogP contribution < -0.4 is 10.5 Å². The first-order valence-corrected chi connectivity index (χ1v) is 10.9. The molecule has 0 spiro atoms. The second-order valence-corrected chi connectivity index (χ2v) is 8.40. The van der Waals surface area contributed by atoms with Crippen LogP contribution in [-0.4, -0.2) is 53.4 Å². The molecule has 30 heavy (non-hydrogen) atoms. The van der Waals surface area contributed by atoms with Crippen molar-refractivity contribution in [3.8, 4) is 5.75 Å². The molecule has 3 rings (SSSR count). The number of ether oxygens (including phenoxy) is 1. The van der Waals surface area contributed by atoms with Gasteiger partial charge in [-0.15, -0.1) is 11.8 Å². The third-order valence-corrected chi connectivity index (χ3v) is 6.10. The third kappa shape index (κ3) is 7.72. The molecule has 1 heterocycles. The van der Waals surface area contributed by atoms with E-state index in [-0.39, 0.29) is 5.91 Å². The average molecular weight is 431 g/mol. The number of piperidine rings is 1. The van der Waals surface area contributed by atoms with Crippen molar-refractivity contribution in [3.63, 3.8) is 0 Å². The van der Waals surface area contributed by atoms with Crippen molar-refractivity contribution in [2.45, 2.75) is 36.8 Å². The number of likely N-dealkylation sites (tertiary alicyclic amines) is 1. The molecule has 0 atom stereocenters. The number of amides is 1. The van der Waals surface area contributed by atoms with Crippen molar-refractivity contribution in [1.29, 1.82) is 0 Å². The maximum Gasteiger partial charge on any atom is 0.300 e. The van der Waals surface area contributed by atoms with E-state index in [1.54, 1.807) is 0 Å². The van der Waals surface area contributed by atoms with Gasteiger partial charge in [-0.2, -0.15) is 0 Å². The molecule has 6 nitrogen and oxygen atoms in total. The van der Waals surface area contributed by atoms with Crippen molar-refractivity contribution in [1.82, 2.24) is 4.90 Å². The second kappa shape index (κ2) is 12.2. The molecule has 1 amide bonds. The summed E-state index contributed by atoms with van der Waals surface area (Å²) in [7, 11) is 0. The smallest absolute Gasteiger partial charge is 0.300 e. The number of nitrogens with two attached hydrogens (primary N) is 1. The fraction of sp³-hybridized carbons (Fsp3) is 0.391. The van der Waals surface area contributed by atoms with Gasteiger partial charge in [0.05, 0.1) is 0 Å². The number of carbonyl (C=O) groups is 2. The Morgan fingerprint density at radius 3 is 2.47 bits per heavy atom. The summed E-state index contributed by atoms with van der Waals surface area (Å²) in [5.41, 5.74) is 7.48. The molecule has 0 aromatic heterocycles. The molecule has 3 N–H and O–H groups in total. The first-order valence-electron chi connectivity index (χ1n) is 10.0. The predicted octanol–water partition coefficient (Wildman–Crippen LogP) is 3.82. The molecule has 7 heteroatoms. The summed E-state index contributed by atoms with van der Waals surface area (Å²) in [6, 6.07) is 15.9. The van der Waals surface area contributed by atoms with Gasteiger partial charge in [0.1, 0.15) is 12.4 Å². The highest BCUT2D eigenvalue weighted by atomic mass is 32.2. The van der Waals surface area contributed by atoms with Crippen LogP contribution in [0.15, 0.2) is 53.4 Å². The minimum atomic E-state index is -0.833. The molecule has 162 valence electrons. The lowest BCUT2D eigenvalue weighted by atomic mass is 10.1. The molecular formula is C23H30N2O4S. The monoisotopic (exact) mass is 430 g/mol. The Hall–Kier alpha value is -2.51. The van der Waals surface area contributed by atoms with Gasteiger partial charge in [-0.05, 0) is 49.6 Å². The van der Waals surface area contributed by atoms with E-state index in [2.05, 4.69) is 31.2 Å². The zero-order chi connectivity index (χ0) is 21.9. The summed E-state index contributed by atoms with van der Waals surface area (Å²) in [5.74, 6) is -0.0474. The normalized spacial score (nSPS) is 13.9. The van der Waals surface area contributed by atoms with E-state index in [4.69, 9.17) is 20.4 Å². The number of nitrogens with zero attached hydrogens (tertiary/aromatic N) is 1. The summed E-state index contributed by atoms with van der Waals surface area (Å²) >= 11 is 1.94. The second-order valence-electron chi connectivity index (χ2n) is 7.06. The van der Waals surface area contributed by atoms with Gasteiger partial charge in [-0.1, -0.05) is 24.3 Å². The fourth-order valence-electron chi connectivity index (χ4n) is 3.12. The number of aliphatic carboxylic acids is 1. The summed E-state index contributed by atoms with van der Waals surface area (Å²) in [5, 5.41) is 7.99.